The second-order valence-electron chi connectivity index (χ2n) is 8.29. The van der Waals surface area contributed by atoms with E-state index in [1.165, 1.54) is 0 Å². The van der Waals surface area contributed by atoms with Gasteiger partial charge in [0.25, 0.3) is 5.91 Å². The second-order valence-corrected chi connectivity index (χ2v) is 8.29. The highest BCUT2D eigenvalue weighted by molar-refractivity contribution is 5.95. The van der Waals surface area contributed by atoms with E-state index in [0.29, 0.717) is 17.4 Å². The molecule has 0 unspecified atom stereocenters. The highest BCUT2D eigenvalue weighted by atomic mass is 16.2. The lowest BCUT2D eigenvalue weighted by Gasteiger charge is -2.28. The van der Waals surface area contributed by atoms with Crippen LogP contribution < -0.4 is 5.32 Å². The van der Waals surface area contributed by atoms with Gasteiger partial charge in [-0.3, -0.25) is 9.48 Å². The summed E-state index contributed by atoms with van der Waals surface area (Å²) in [5.74, 6) is 1.04. The first-order valence-electron chi connectivity index (χ1n) is 9.28. The van der Waals surface area contributed by atoms with Crippen molar-refractivity contribution in [3.05, 3.63) is 29.4 Å². The summed E-state index contributed by atoms with van der Waals surface area (Å²) in [4.78, 5) is 15.0. The minimum Gasteiger partial charge on any atom is -0.358 e. The highest BCUT2D eigenvalue weighted by Gasteiger charge is 2.27. The van der Waals surface area contributed by atoms with E-state index < -0.39 is 0 Å². The van der Waals surface area contributed by atoms with E-state index in [1.807, 2.05) is 14.0 Å². The molecule has 1 heterocycles. The molecule has 0 aliphatic rings. The van der Waals surface area contributed by atoms with Crippen molar-refractivity contribution in [1.29, 1.82) is 0 Å². The molecule has 25 heavy (non-hydrogen) atoms. The maximum absolute atomic E-state index is 12.8. The number of aromatic nitrogens is 2. The van der Waals surface area contributed by atoms with Crippen molar-refractivity contribution < 1.29 is 4.79 Å². The third kappa shape index (κ3) is 5.62. The first kappa shape index (κ1) is 21.3. The second kappa shape index (κ2) is 8.54. The lowest BCUT2D eigenvalue weighted by Crippen LogP contribution is -2.38. The van der Waals surface area contributed by atoms with Gasteiger partial charge in [-0.05, 0) is 19.3 Å². The third-order valence-corrected chi connectivity index (χ3v) is 4.22. The Balaban J connectivity index is 2.97. The zero-order valence-corrected chi connectivity index (χ0v) is 17.4. The monoisotopic (exact) mass is 348 g/mol. The summed E-state index contributed by atoms with van der Waals surface area (Å²) >= 11 is 0. The minimum absolute atomic E-state index is 0.0951. The van der Waals surface area contributed by atoms with Gasteiger partial charge in [0.2, 0.25) is 0 Å². The highest BCUT2D eigenvalue weighted by Crippen LogP contribution is 2.26. The molecule has 0 spiro atoms. The lowest BCUT2D eigenvalue weighted by molar-refractivity contribution is 0.0939. The number of rotatable bonds is 8. The Hall–Kier alpha value is -1.78. The Bertz CT molecular complexity index is 608. The van der Waals surface area contributed by atoms with Gasteiger partial charge in [-0.1, -0.05) is 54.5 Å². The summed E-state index contributed by atoms with van der Waals surface area (Å²) in [6.07, 6.45) is 2.20. The van der Waals surface area contributed by atoms with Crippen LogP contribution >= 0.6 is 0 Å². The van der Waals surface area contributed by atoms with Gasteiger partial charge in [0.1, 0.15) is 11.5 Å². The number of hydrogen-bond acceptors (Lipinski definition) is 3. The molecule has 1 aromatic rings. The normalized spacial score (nSPS) is 11.7. The molecule has 1 rings (SSSR count). The van der Waals surface area contributed by atoms with Crippen LogP contribution in [0.15, 0.2) is 12.4 Å². The quantitative estimate of drug-likeness (QED) is 0.773. The molecule has 1 aromatic heterocycles. The Kier molecular flexibility index (Phi) is 7.27. The SMILES string of the molecule is C=C(NC(=O)c1c(C)c(C(C)(C)C)nn1C)N(CCCC)CC(C)C. The van der Waals surface area contributed by atoms with E-state index in [1.54, 1.807) is 4.68 Å². The molecular weight excluding hydrogens is 312 g/mol. The zero-order chi connectivity index (χ0) is 19.4. The summed E-state index contributed by atoms with van der Waals surface area (Å²) in [7, 11) is 1.82. The molecule has 5 nitrogen and oxygen atoms in total. The molecule has 0 radical (unpaired) electrons. The van der Waals surface area contributed by atoms with Crippen molar-refractivity contribution in [3.63, 3.8) is 0 Å². The molecule has 0 saturated heterocycles. The molecular formula is C20H36N4O. The minimum atomic E-state index is -0.141. The van der Waals surface area contributed by atoms with Gasteiger partial charge in [-0.25, -0.2) is 0 Å². The van der Waals surface area contributed by atoms with Crippen molar-refractivity contribution >= 4 is 5.91 Å². The van der Waals surface area contributed by atoms with Gasteiger partial charge in [-0.2, -0.15) is 5.10 Å². The smallest absolute Gasteiger partial charge is 0.275 e. The molecule has 1 N–H and O–H groups in total. The van der Waals surface area contributed by atoms with E-state index in [-0.39, 0.29) is 11.3 Å². The summed E-state index contributed by atoms with van der Waals surface area (Å²) < 4.78 is 1.68. The lowest BCUT2D eigenvalue weighted by atomic mass is 9.89. The maximum atomic E-state index is 12.8. The Morgan fingerprint density at radius 1 is 1.36 bits per heavy atom. The van der Waals surface area contributed by atoms with Crippen LogP contribution in [0.1, 0.15) is 76.1 Å². The summed E-state index contributed by atoms with van der Waals surface area (Å²) in [5, 5.41) is 7.55. The predicted molar refractivity (Wildman–Crippen MR) is 105 cm³/mol. The summed E-state index contributed by atoms with van der Waals surface area (Å²) in [5.41, 5.74) is 2.40. The molecule has 142 valence electrons. The van der Waals surface area contributed by atoms with Gasteiger partial charge in [0.15, 0.2) is 0 Å². The van der Waals surface area contributed by atoms with Crippen molar-refractivity contribution in [2.75, 3.05) is 13.1 Å². The molecule has 0 atom stereocenters. The zero-order valence-electron chi connectivity index (χ0n) is 17.4. The molecule has 0 saturated carbocycles. The standard InChI is InChI=1S/C20H36N4O/c1-10-11-12-24(13-14(2)3)16(5)21-19(25)17-15(4)18(20(6,7)8)22-23(17)9/h14H,5,10-13H2,1-4,6-9H3,(H,21,25). The van der Waals surface area contributed by atoms with E-state index in [2.05, 4.69) is 63.4 Å². The number of aryl methyl sites for hydroxylation is 1. The number of hydrogen-bond donors (Lipinski definition) is 1. The van der Waals surface area contributed by atoms with E-state index in [4.69, 9.17) is 0 Å². The largest absolute Gasteiger partial charge is 0.358 e. The van der Waals surface area contributed by atoms with Gasteiger partial charge in [-0.15, -0.1) is 0 Å². The number of unbranched alkanes of at least 4 members (excludes halogenated alkanes) is 1. The average molecular weight is 349 g/mol. The van der Waals surface area contributed by atoms with Crippen LogP contribution in [0.4, 0.5) is 0 Å². The average Bonchev–Trinajstić information content (AvgIpc) is 2.77. The number of carbonyl (C=O) groups is 1. The summed E-state index contributed by atoms with van der Waals surface area (Å²) in [6, 6.07) is 0. The van der Waals surface area contributed by atoms with Gasteiger partial charge in [0.05, 0.1) is 5.69 Å². The van der Waals surface area contributed by atoms with Crippen molar-refractivity contribution in [1.82, 2.24) is 20.0 Å². The number of nitrogens with one attached hydrogen (secondary N) is 1. The third-order valence-electron chi connectivity index (χ3n) is 4.22. The van der Waals surface area contributed by atoms with Crippen molar-refractivity contribution in [3.8, 4) is 0 Å². The number of nitrogens with zero attached hydrogens (tertiary/aromatic N) is 3. The van der Waals surface area contributed by atoms with E-state index in [9.17, 15) is 4.79 Å². The Morgan fingerprint density at radius 3 is 2.40 bits per heavy atom. The number of carbonyl (C=O) groups excluding carboxylic acids is 1. The van der Waals surface area contributed by atoms with Gasteiger partial charge < -0.3 is 10.2 Å². The van der Waals surface area contributed by atoms with E-state index in [0.717, 1.165) is 37.2 Å². The maximum Gasteiger partial charge on any atom is 0.275 e. The topological polar surface area (TPSA) is 50.2 Å². The van der Waals surface area contributed by atoms with Crippen LogP contribution in [-0.2, 0) is 12.5 Å². The molecule has 0 fully saturated rings. The Labute approximate surface area is 153 Å². The predicted octanol–water partition coefficient (Wildman–Crippen LogP) is 3.99. The van der Waals surface area contributed by atoms with Gasteiger partial charge >= 0.3 is 0 Å². The first-order chi connectivity index (χ1) is 11.5. The first-order valence-corrected chi connectivity index (χ1v) is 9.28. The van der Waals surface area contributed by atoms with Crippen molar-refractivity contribution in [2.45, 2.75) is 66.7 Å². The van der Waals surface area contributed by atoms with Crippen LogP contribution in [-0.4, -0.2) is 33.7 Å². The molecule has 0 aliphatic heterocycles. The molecule has 5 heteroatoms. The molecule has 0 bridgehead atoms. The molecule has 0 aromatic carbocycles. The Morgan fingerprint density at radius 2 is 1.96 bits per heavy atom. The fourth-order valence-electron chi connectivity index (χ4n) is 3.06. The van der Waals surface area contributed by atoms with E-state index >= 15 is 0 Å². The van der Waals surface area contributed by atoms with Crippen LogP contribution in [0.3, 0.4) is 0 Å². The fraction of sp³-hybridized carbons (Fsp3) is 0.700. The van der Waals surface area contributed by atoms with Gasteiger partial charge in [0, 0.05) is 31.1 Å². The van der Waals surface area contributed by atoms with Crippen LogP contribution in [0.25, 0.3) is 0 Å². The van der Waals surface area contributed by atoms with Crippen molar-refractivity contribution in [2.24, 2.45) is 13.0 Å². The fourth-order valence-corrected chi connectivity index (χ4v) is 3.06. The summed E-state index contributed by atoms with van der Waals surface area (Å²) in [6.45, 7) is 20.7. The van der Waals surface area contributed by atoms with Crippen LogP contribution in [0, 0.1) is 12.8 Å². The van der Waals surface area contributed by atoms with Crippen LogP contribution in [0.2, 0.25) is 0 Å². The van der Waals surface area contributed by atoms with Crippen LogP contribution in [0.5, 0.6) is 0 Å². The molecule has 0 aliphatic carbocycles. The number of amides is 1. The molecule has 1 amide bonds.